The van der Waals surface area contributed by atoms with Crippen molar-refractivity contribution in [3.63, 3.8) is 0 Å². The summed E-state index contributed by atoms with van der Waals surface area (Å²) < 4.78 is 15.6. The van der Waals surface area contributed by atoms with Gasteiger partial charge in [0.05, 0.1) is 18.7 Å². The van der Waals surface area contributed by atoms with Crippen LogP contribution in [0.2, 0.25) is 0 Å². The molecule has 106 valence electrons. The number of ether oxygens (including phenoxy) is 3. The number of likely N-dealkylation sites (tertiary alicyclic amines) is 1. The number of β-amino-alcohol motifs (C(OH)–C–C–N with tert-alkyl or cyclic N) is 1. The number of nitrogens with zero attached hydrogens (tertiary/aromatic N) is 1. The van der Waals surface area contributed by atoms with Crippen LogP contribution in [0.5, 0.6) is 0 Å². The second-order valence-corrected chi connectivity index (χ2v) is 5.43. The van der Waals surface area contributed by atoms with Gasteiger partial charge in [-0.3, -0.25) is 4.90 Å². The largest absolute Gasteiger partial charge is 0.444 e. The van der Waals surface area contributed by atoms with Crippen LogP contribution in [0.1, 0.15) is 27.2 Å². The van der Waals surface area contributed by atoms with Crippen molar-refractivity contribution in [3.8, 4) is 0 Å². The zero-order chi connectivity index (χ0) is 13.9. The molecule has 0 radical (unpaired) electrons. The number of carbonyl (C=O) groups is 1. The summed E-state index contributed by atoms with van der Waals surface area (Å²) in [6, 6.07) is -0.329. The van der Waals surface area contributed by atoms with E-state index in [9.17, 15) is 9.90 Å². The van der Waals surface area contributed by atoms with Crippen LogP contribution in [-0.4, -0.2) is 60.9 Å². The second-order valence-electron chi connectivity index (χ2n) is 5.43. The first kappa shape index (κ1) is 15.2. The molecule has 1 amide bonds. The molecule has 18 heavy (non-hydrogen) atoms. The molecule has 0 saturated carbocycles. The summed E-state index contributed by atoms with van der Waals surface area (Å²) in [4.78, 5) is 13.5. The minimum Gasteiger partial charge on any atom is -0.444 e. The lowest BCUT2D eigenvalue weighted by molar-refractivity contribution is -0.138. The summed E-state index contributed by atoms with van der Waals surface area (Å²) in [6.45, 7) is 5.65. The minimum atomic E-state index is -0.574. The molecule has 2 atom stereocenters. The first-order valence-corrected chi connectivity index (χ1v) is 6.01. The third kappa shape index (κ3) is 3.83. The fourth-order valence-electron chi connectivity index (χ4n) is 2.04. The minimum absolute atomic E-state index is 0.239. The monoisotopic (exact) mass is 261 g/mol. The topological polar surface area (TPSA) is 68.2 Å². The Labute approximate surface area is 108 Å². The van der Waals surface area contributed by atoms with Crippen molar-refractivity contribution in [1.29, 1.82) is 0 Å². The molecular formula is C12H23NO5. The molecule has 6 heteroatoms. The van der Waals surface area contributed by atoms with E-state index >= 15 is 0 Å². The van der Waals surface area contributed by atoms with Gasteiger partial charge in [-0.05, 0) is 20.8 Å². The van der Waals surface area contributed by atoms with Gasteiger partial charge in [-0.15, -0.1) is 0 Å². The molecule has 1 rings (SSSR count). The molecule has 0 bridgehead atoms. The number of carbonyl (C=O) groups excluding carboxylic acids is 1. The summed E-state index contributed by atoms with van der Waals surface area (Å²) in [7, 11) is 3.01. The van der Waals surface area contributed by atoms with E-state index in [2.05, 4.69) is 0 Å². The van der Waals surface area contributed by atoms with Crippen molar-refractivity contribution in [2.45, 2.75) is 51.2 Å². The predicted octanol–water partition coefficient (Wildman–Crippen LogP) is 0.976. The molecule has 1 heterocycles. The molecule has 0 aromatic carbocycles. The summed E-state index contributed by atoms with van der Waals surface area (Å²) in [5.74, 6) is 0. The van der Waals surface area contributed by atoms with E-state index in [0.717, 1.165) is 0 Å². The van der Waals surface area contributed by atoms with Crippen LogP contribution in [0.25, 0.3) is 0 Å². The number of aliphatic hydroxyl groups is 1. The maximum absolute atomic E-state index is 12.0. The predicted molar refractivity (Wildman–Crippen MR) is 65.2 cm³/mol. The van der Waals surface area contributed by atoms with Crippen LogP contribution in [-0.2, 0) is 14.2 Å². The highest BCUT2D eigenvalue weighted by molar-refractivity contribution is 5.69. The van der Waals surface area contributed by atoms with Crippen LogP contribution in [0, 0.1) is 0 Å². The van der Waals surface area contributed by atoms with Gasteiger partial charge < -0.3 is 19.3 Å². The molecule has 0 aromatic rings. The van der Waals surface area contributed by atoms with Gasteiger partial charge in [0.15, 0.2) is 6.29 Å². The SMILES string of the molecule is COC(OC)[C@@H]1C[C@@H](O)CN1C(=O)OC(C)(C)C. The number of hydrogen-bond donors (Lipinski definition) is 1. The first-order valence-electron chi connectivity index (χ1n) is 6.01. The Morgan fingerprint density at radius 2 is 1.89 bits per heavy atom. The lowest BCUT2D eigenvalue weighted by Gasteiger charge is -2.31. The summed E-state index contributed by atoms with van der Waals surface area (Å²) in [5.41, 5.74) is -0.565. The van der Waals surface area contributed by atoms with Crippen molar-refractivity contribution in [3.05, 3.63) is 0 Å². The van der Waals surface area contributed by atoms with Crippen LogP contribution in [0.3, 0.4) is 0 Å². The molecule has 0 unspecified atom stereocenters. The fraction of sp³-hybridized carbons (Fsp3) is 0.917. The van der Waals surface area contributed by atoms with Crippen molar-refractivity contribution < 1.29 is 24.1 Å². The Hall–Kier alpha value is -0.850. The van der Waals surface area contributed by atoms with Crippen molar-refractivity contribution >= 4 is 6.09 Å². The molecule has 0 aliphatic carbocycles. The normalized spacial score (nSPS) is 24.7. The molecule has 1 saturated heterocycles. The summed E-state index contributed by atoms with van der Waals surface area (Å²) >= 11 is 0. The Morgan fingerprint density at radius 3 is 2.33 bits per heavy atom. The molecule has 1 aliphatic heterocycles. The quantitative estimate of drug-likeness (QED) is 0.767. The second kappa shape index (κ2) is 5.86. The van der Waals surface area contributed by atoms with Gasteiger partial charge in [0.25, 0.3) is 0 Å². The zero-order valence-electron chi connectivity index (χ0n) is 11.7. The van der Waals surface area contributed by atoms with Gasteiger partial charge >= 0.3 is 6.09 Å². The highest BCUT2D eigenvalue weighted by Gasteiger charge is 2.41. The van der Waals surface area contributed by atoms with Crippen molar-refractivity contribution in [1.82, 2.24) is 4.90 Å². The Bertz CT molecular complexity index is 285. The van der Waals surface area contributed by atoms with Crippen LogP contribution < -0.4 is 0 Å². The highest BCUT2D eigenvalue weighted by atomic mass is 16.7. The number of hydrogen-bond acceptors (Lipinski definition) is 5. The first-order chi connectivity index (χ1) is 8.28. The number of rotatable bonds is 3. The van der Waals surface area contributed by atoms with E-state index in [4.69, 9.17) is 14.2 Å². The standard InChI is InChI=1S/C12H23NO5/c1-12(2,3)18-11(15)13-7-8(14)6-9(13)10(16-4)17-5/h8-10,14H,6-7H2,1-5H3/t8-,9+/m1/s1. The van der Waals surface area contributed by atoms with Gasteiger partial charge in [-0.2, -0.15) is 0 Å². The van der Waals surface area contributed by atoms with Crippen LogP contribution in [0.15, 0.2) is 0 Å². The maximum Gasteiger partial charge on any atom is 0.410 e. The molecular weight excluding hydrogens is 238 g/mol. The average Bonchev–Trinajstić information content (AvgIpc) is 2.60. The zero-order valence-corrected chi connectivity index (χ0v) is 11.7. The molecule has 1 N–H and O–H groups in total. The van der Waals surface area contributed by atoms with Crippen molar-refractivity contribution in [2.24, 2.45) is 0 Å². The fourth-order valence-corrected chi connectivity index (χ4v) is 2.04. The molecule has 0 aromatic heterocycles. The van der Waals surface area contributed by atoms with Gasteiger partial charge in [0, 0.05) is 20.6 Å². The van der Waals surface area contributed by atoms with E-state index in [1.165, 1.54) is 19.1 Å². The van der Waals surface area contributed by atoms with Gasteiger partial charge in [-0.1, -0.05) is 0 Å². The van der Waals surface area contributed by atoms with Crippen LogP contribution >= 0.6 is 0 Å². The number of amides is 1. The molecule has 1 fully saturated rings. The van der Waals surface area contributed by atoms with E-state index in [0.29, 0.717) is 6.42 Å². The Morgan fingerprint density at radius 1 is 1.33 bits per heavy atom. The Balaban J connectivity index is 2.75. The summed E-state index contributed by atoms with van der Waals surface area (Å²) in [6.07, 6.45) is -1.17. The Kier molecular flexibility index (Phi) is 4.95. The highest BCUT2D eigenvalue weighted by Crippen LogP contribution is 2.25. The molecule has 6 nitrogen and oxygen atoms in total. The van der Waals surface area contributed by atoms with E-state index in [-0.39, 0.29) is 12.6 Å². The van der Waals surface area contributed by atoms with Gasteiger partial charge in [0.1, 0.15) is 5.60 Å². The third-order valence-corrected chi connectivity index (χ3v) is 2.73. The van der Waals surface area contributed by atoms with Gasteiger partial charge in [0.2, 0.25) is 0 Å². The van der Waals surface area contributed by atoms with E-state index in [1.54, 1.807) is 20.8 Å². The molecule has 0 spiro atoms. The van der Waals surface area contributed by atoms with Crippen molar-refractivity contribution in [2.75, 3.05) is 20.8 Å². The van der Waals surface area contributed by atoms with E-state index in [1.807, 2.05) is 0 Å². The number of aliphatic hydroxyl groups excluding tert-OH is 1. The molecule has 1 aliphatic rings. The van der Waals surface area contributed by atoms with Crippen LogP contribution in [0.4, 0.5) is 4.79 Å². The smallest absolute Gasteiger partial charge is 0.410 e. The lowest BCUT2D eigenvalue weighted by atomic mass is 10.2. The van der Waals surface area contributed by atoms with Gasteiger partial charge in [-0.25, -0.2) is 4.79 Å². The number of methoxy groups -OCH3 is 2. The summed E-state index contributed by atoms with van der Waals surface area (Å²) in [5, 5.41) is 9.70. The maximum atomic E-state index is 12.0. The lowest BCUT2D eigenvalue weighted by Crippen LogP contribution is -2.46. The third-order valence-electron chi connectivity index (χ3n) is 2.73. The van der Waals surface area contributed by atoms with E-state index < -0.39 is 24.1 Å². The average molecular weight is 261 g/mol.